The third-order valence-electron chi connectivity index (χ3n) is 5.59. The van der Waals surface area contributed by atoms with Crippen LogP contribution in [0.3, 0.4) is 0 Å². The summed E-state index contributed by atoms with van der Waals surface area (Å²) in [5.41, 5.74) is 0.956. The van der Waals surface area contributed by atoms with Crippen molar-refractivity contribution in [1.82, 2.24) is 15.1 Å². The van der Waals surface area contributed by atoms with Crippen molar-refractivity contribution in [3.63, 3.8) is 0 Å². The highest BCUT2D eigenvalue weighted by Gasteiger charge is 2.31. The summed E-state index contributed by atoms with van der Waals surface area (Å²) in [5.74, 6) is 1.36. The minimum atomic E-state index is 0.0914. The van der Waals surface area contributed by atoms with Gasteiger partial charge < -0.3 is 9.80 Å². The lowest BCUT2D eigenvalue weighted by atomic mass is 9.95. The lowest BCUT2D eigenvalue weighted by Gasteiger charge is -2.37. The Hall–Kier alpha value is -2.17. The van der Waals surface area contributed by atoms with E-state index in [2.05, 4.69) is 32.1 Å². The largest absolute Gasteiger partial charge is 0.354 e. The van der Waals surface area contributed by atoms with Gasteiger partial charge in [0.25, 0.3) is 0 Å². The number of hydrogen-bond donors (Lipinski definition) is 0. The van der Waals surface area contributed by atoms with Crippen LogP contribution in [0, 0.1) is 12.8 Å². The Labute approximate surface area is 149 Å². The van der Waals surface area contributed by atoms with Crippen LogP contribution < -0.4 is 4.90 Å². The number of likely N-dealkylation sites (tertiary alicyclic amines) is 1. The Bertz CT molecular complexity index is 769. The zero-order valence-corrected chi connectivity index (χ0v) is 14.9. The van der Waals surface area contributed by atoms with Crippen molar-refractivity contribution in [2.45, 2.75) is 39.0 Å². The number of aryl methyl sites for hydroxylation is 1. The quantitative estimate of drug-likeness (QED) is 0.844. The summed E-state index contributed by atoms with van der Waals surface area (Å²) >= 11 is 0. The standard InChI is InChI=1S/C20H26N4O/c1-15-17-9-3-4-10-18(17)19(22-21-15)24-13-7-8-16(14-24)20(25)23-11-5-2-6-12-23/h3-4,9-10,16H,2,5-8,11-14H2,1H3. The average Bonchev–Trinajstić information content (AvgIpc) is 2.69. The van der Waals surface area contributed by atoms with E-state index in [1.165, 1.54) is 6.42 Å². The number of nitrogens with zero attached hydrogens (tertiary/aromatic N) is 4. The monoisotopic (exact) mass is 338 g/mol. The molecule has 0 spiro atoms. The average molecular weight is 338 g/mol. The van der Waals surface area contributed by atoms with Gasteiger partial charge in [0.1, 0.15) is 0 Å². The number of benzene rings is 1. The molecule has 2 aliphatic rings. The first-order valence-electron chi connectivity index (χ1n) is 9.50. The van der Waals surface area contributed by atoms with E-state index in [9.17, 15) is 4.79 Å². The number of fused-ring (bicyclic) bond motifs is 1. The molecule has 132 valence electrons. The second-order valence-electron chi connectivity index (χ2n) is 7.33. The predicted octanol–water partition coefficient (Wildman–Crippen LogP) is 3.17. The van der Waals surface area contributed by atoms with E-state index in [1.807, 2.05) is 19.1 Å². The molecule has 1 atom stereocenters. The molecule has 3 heterocycles. The van der Waals surface area contributed by atoms with Gasteiger partial charge in [-0.05, 0) is 39.0 Å². The van der Waals surface area contributed by atoms with Gasteiger partial charge in [0.15, 0.2) is 5.82 Å². The number of rotatable bonds is 2. The van der Waals surface area contributed by atoms with Gasteiger partial charge in [-0.2, -0.15) is 5.10 Å². The van der Waals surface area contributed by atoms with Crippen molar-refractivity contribution in [3.05, 3.63) is 30.0 Å². The van der Waals surface area contributed by atoms with E-state index in [1.54, 1.807) is 0 Å². The summed E-state index contributed by atoms with van der Waals surface area (Å²) in [6.07, 6.45) is 5.58. The molecule has 2 fully saturated rings. The van der Waals surface area contributed by atoms with Crippen molar-refractivity contribution in [2.75, 3.05) is 31.1 Å². The highest BCUT2D eigenvalue weighted by Crippen LogP contribution is 2.30. The van der Waals surface area contributed by atoms with E-state index in [-0.39, 0.29) is 5.92 Å². The van der Waals surface area contributed by atoms with Gasteiger partial charge in [0.05, 0.1) is 11.6 Å². The zero-order valence-electron chi connectivity index (χ0n) is 14.9. The summed E-state index contributed by atoms with van der Waals surface area (Å²) in [6, 6.07) is 8.30. The molecular weight excluding hydrogens is 312 g/mol. The van der Waals surface area contributed by atoms with Gasteiger partial charge in [0, 0.05) is 37.0 Å². The van der Waals surface area contributed by atoms with Gasteiger partial charge in [0.2, 0.25) is 5.91 Å². The van der Waals surface area contributed by atoms with Crippen LogP contribution in [0.5, 0.6) is 0 Å². The van der Waals surface area contributed by atoms with Gasteiger partial charge >= 0.3 is 0 Å². The third kappa shape index (κ3) is 3.20. The van der Waals surface area contributed by atoms with Crippen molar-refractivity contribution in [3.8, 4) is 0 Å². The molecule has 0 bridgehead atoms. The van der Waals surface area contributed by atoms with Crippen LogP contribution in [-0.4, -0.2) is 47.2 Å². The normalized spacial score (nSPS) is 21.6. The number of amides is 1. The van der Waals surface area contributed by atoms with Crippen LogP contribution in [0.1, 0.15) is 37.8 Å². The first-order chi connectivity index (χ1) is 12.2. The fourth-order valence-corrected chi connectivity index (χ4v) is 4.20. The summed E-state index contributed by atoms with van der Waals surface area (Å²) in [5, 5.41) is 11.1. The first-order valence-corrected chi connectivity index (χ1v) is 9.50. The minimum Gasteiger partial charge on any atom is -0.354 e. The maximum atomic E-state index is 12.9. The molecule has 2 aromatic rings. The molecule has 2 saturated heterocycles. The van der Waals surface area contributed by atoms with Gasteiger partial charge in [-0.1, -0.05) is 24.3 Å². The minimum absolute atomic E-state index is 0.0914. The lowest BCUT2D eigenvalue weighted by Crippen LogP contribution is -2.46. The number of carbonyl (C=O) groups is 1. The molecule has 1 unspecified atom stereocenters. The third-order valence-corrected chi connectivity index (χ3v) is 5.59. The van der Waals surface area contributed by atoms with Crippen LogP contribution >= 0.6 is 0 Å². The number of hydrogen-bond acceptors (Lipinski definition) is 4. The van der Waals surface area contributed by atoms with Crippen LogP contribution in [0.15, 0.2) is 24.3 Å². The molecule has 0 N–H and O–H groups in total. The van der Waals surface area contributed by atoms with E-state index >= 15 is 0 Å². The van der Waals surface area contributed by atoms with Crippen LogP contribution in [0.2, 0.25) is 0 Å². The van der Waals surface area contributed by atoms with Crippen LogP contribution in [-0.2, 0) is 4.79 Å². The molecule has 1 aromatic heterocycles. The molecule has 4 rings (SSSR count). The Morgan fingerprint density at radius 3 is 2.56 bits per heavy atom. The molecule has 5 heteroatoms. The van der Waals surface area contributed by atoms with Gasteiger partial charge in [-0.15, -0.1) is 5.10 Å². The van der Waals surface area contributed by atoms with Crippen molar-refractivity contribution < 1.29 is 4.79 Å². The lowest BCUT2D eigenvalue weighted by molar-refractivity contribution is -0.136. The van der Waals surface area contributed by atoms with E-state index < -0.39 is 0 Å². The Balaban J connectivity index is 1.57. The summed E-state index contributed by atoms with van der Waals surface area (Å²) < 4.78 is 0. The topological polar surface area (TPSA) is 49.3 Å². The Morgan fingerprint density at radius 1 is 1.00 bits per heavy atom. The molecule has 1 aromatic carbocycles. The van der Waals surface area contributed by atoms with E-state index in [0.29, 0.717) is 5.91 Å². The van der Waals surface area contributed by atoms with Crippen molar-refractivity contribution >= 4 is 22.5 Å². The second-order valence-corrected chi connectivity index (χ2v) is 7.33. The fraction of sp³-hybridized carbons (Fsp3) is 0.550. The second kappa shape index (κ2) is 6.98. The number of piperidine rings is 2. The van der Waals surface area contributed by atoms with Gasteiger partial charge in [-0.3, -0.25) is 4.79 Å². The fourth-order valence-electron chi connectivity index (χ4n) is 4.20. The van der Waals surface area contributed by atoms with Crippen molar-refractivity contribution in [2.24, 2.45) is 5.92 Å². The maximum Gasteiger partial charge on any atom is 0.227 e. The van der Waals surface area contributed by atoms with Crippen LogP contribution in [0.25, 0.3) is 10.8 Å². The van der Waals surface area contributed by atoms with Gasteiger partial charge in [-0.25, -0.2) is 0 Å². The van der Waals surface area contributed by atoms with E-state index in [4.69, 9.17) is 0 Å². The van der Waals surface area contributed by atoms with Crippen molar-refractivity contribution in [1.29, 1.82) is 0 Å². The van der Waals surface area contributed by atoms with E-state index in [0.717, 1.165) is 74.1 Å². The highest BCUT2D eigenvalue weighted by atomic mass is 16.2. The molecule has 0 aliphatic carbocycles. The maximum absolute atomic E-state index is 12.9. The number of anilines is 1. The Morgan fingerprint density at radius 2 is 1.76 bits per heavy atom. The molecule has 1 amide bonds. The highest BCUT2D eigenvalue weighted by molar-refractivity contribution is 5.93. The molecule has 5 nitrogen and oxygen atoms in total. The number of carbonyl (C=O) groups excluding carboxylic acids is 1. The molecule has 25 heavy (non-hydrogen) atoms. The molecule has 0 radical (unpaired) electrons. The summed E-state index contributed by atoms with van der Waals surface area (Å²) in [4.78, 5) is 17.3. The molecule has 0 saturated carbocycles. The summed E-state index contributed by atoms with van der Waals surface area (Å²) in [7, 11) is 0. The predicted molar refractivity (Wildman–Crippen MR) is 99.6 cm³/mol. The summed E-state index contributed by atoms with van der Waals surface area (Å²) in [6.45, 7) is 5.58. The Kier molecular flexibility index (Phi) is 4.55. The molecule has 2 aliphatic heterocycles. The smallest absolute Gasteiger partial charge is 0.227 e. The molecular formula is C20H26N4O. The number of aromatic nitrogens is 2. The SMILES string of the molecule is Cc1nnc(N2CCCC(C(=O)N3CCCCC3)C2)c2ccccc12. The first kappa shape index (κ1) is 16.3. The van der Waals surface area contributed by atoms with Crippen LogP contribution in [0.4, 0.5) is 5.82 Å². The zero-order chi connectivity index (χ0) is 17.2.